The normalized spacial score (nSPS) is 23.3. The van der Waals surface area contributed by atoms with Crippen LogP contribution in [-0.4, -0.2) is 76.0 Å². The molecule has 0 radical (unpaired) electrons. The maximum absolute atomic E-state index is 12.6. The molecule has 1 amide bonds. The highest BCUT2D eigenvalue weighted by molar-refractivity contribution is 5.78. The zero-order valence-corrected chi connectivity index (χ0v) is 13.9. The summed E-state index contributed by atoms with van der Waals surface area (Å²) in [6.07, 6.45) is 6.30. The summed E-state index contributed by atoms with van der Waals surface area (Å²) >= 11 is 0. The van der Waals surface area contributed by atoms with Crippen LogP contribution in [0.15, 0.2) is 12.4 Å². The van der Waals surface area contributed by atoms with Crippen LogP contribution in [-0.2, 0) is 11.8 Å². The Morgan fingerprint density at radius 1 is 1.36 bits per heavy atom. The van der Waals surface area contributed by atoms with E-state index in [1.807, 2.05) is 24.3 Å². The fourth-order valence-electron chi connectivity index (χ4n) is 3.29. The van der Waals surface area contributed by atoms with Crippen molar-refractivity contribution in [2.45, 2.75) is 31.8 Å². The van der Waals surface area contributed by atoms with Crippen molar-refractivity contribution in [3.05, 3.63) is 18.2 Å². The van der Waals surface area contributed by atoms with Gasteiger partial charge in [-0.25, -0.2) is 4.98 Å². The lowest BCUT2D eigenvalue weighted by atomic mass is 10.1. The Bertz CT molecular complexity index is 524. The number of carbonyl (C=O) groups excluding carboxylic acids is 1. The lowest BCUT2D eigenvalue weighted by Crippen LogP contribution is -2.52. The van der Waals surface area contributed by atoms with E-state index in [2.05, 4.69) is 33.3 Å². The van der Waals surface area contributed by atoms with E-state index in [0.29, 0.717) is 12.6 Å². The number of likely N-dealkylation sites (N-methyl/N-ethyl adjacent to an activating group) is 2. The molecule has 6 heteroatoms. The molecule has 0 spiro atoms. The van der Waals surface area contributed by atoms with Crippen LogP contribution in [0.25, 0.3) is 0 Å². The number of amides is 1. The van der Waals surface area contributed by atoms with Crippen LogP contribution in [0, 0.1) is 0 Å². The maximum Gasteiger partial charge on any atom is 0.236 e. The van der Waals surface area contributed by atoms with Gasteiger partial charge < -0.3 is 9.47 Å². The predicted octanol–water partition coefficient (Wildman–Crippen LogP) is 0.720. The number of nitrogens with zero attached hydrogens (tertiary/aromatic N) is 5. The third-order valence-electron chi connectivity index (χ3n) is 4.97. The summed E-state index contributed by atoms with van der Waals surface area (Å²) < 4.78 is 2.05. The SMILES string of the molecule is CCN(CC(=O)N1CCN(C)[C@@H](c2nccn2C)C1)C1CC1. The van der Waals surface area contributed by atoms with Gasteiger partial charge in [0.05, 0.1) is 12.6 Å². The number of imidazole rings is 1. The van der Waals surface area contributed by atoms with Crippen molar-refractivity contribution in [2.24, 2.45) is 7.05 Å². The van der Waals surface area contributed by atoms with Crippen molar-refractivity contribution in [2.75, 3.05) is 39.8 Å². The van der Waals surface area contributed by atoms with Crippen LogP contribution in [0.1, 0.15) is 31.6 Å². The van der Waals surface area contributed by atoms with E-state index in [1.165, 1.54) is 12.8 Å². The van der Waals surface area contributed by atoms with Crippen LogP contribution in [0.2, 0.25) is 0 Å². The van der Waals surface area contributed by atoms with Crippen molar-refractivity contribution in [3.8, 4) is 0 Å². The van der Waals surface area contributed by atoms with Gasteiger partial charge in [0.2, 0.25) is 5.91 Å². The summed E-state index contributed by atoms with van der Waals surface area (Å²) in [5.74, 6) is 1.30. The third-order valence-corrected chi connectivity index (χ3v) is 4.97. The summed E-state index contributed by atoms with van der Waals surface area (Å²) in [7, 11) is 4.13. The molecule has 2 fully saturated rings. The number of carbonyl (C=O) groups is 1. The van der Waals surface area contributed by atoms with Gasteiger partial charge in [0.1, 0.15) is 5.82 Å². The molecular formula is C16H27N5O. The number of aryl methyl sites for hydroxylation is 1. The minimum absolute atomic E-state index is 0.189. The highest BCUT2D eigenvalue weighted by Gasteiger charge is 2.33. The second-order valence-corrected chi connectivity index (χ2v) is 6.53. The van der Waals surface area contributed by atoms with E-state index >= 15 is 0 Å². The second kappa shape index (κ2) is 6.38. The van der Waals surface area contributed by atoms with Crippen molar-refractivity contribution in [1.29, 1.82) is 0 Å². The predicted molar refractivity (Wildman–Crippen MR) is 85.4 cm³/mol. The molecule has 1 atom stereocenters. The zero-order chi connectivity index (χ0) is 15.7. The van der Waals surface area contributed by atoms with Gasteiger partial charge in [-0.15, -0.1) is 0 Å². The molecular weight excluding hydrogens is 278 g/mol. The molecule has 6 nitrogen and oxygen atoms in total. The Hall–Kier alpha value is -1.40. The quantitative estimate of drug-likeness (QED) is 0.804. The number of hydrogen-bond acceptors (Lipinski definition) is 4. The fourth-order valence-corrected chi connectivity index (χ4v) is 3.29. The molecule has 1 saturated carbocycles. The van der Waals surface area contributed by atoms with Crippen molar-refractivity contribution < 1.29 is 4.79 Å². The first-order valence-electron chi connectivity index (χ1n) is 8.29. The average Bonchev–Trinajstić information content (AvgIpc) is 3.27. The maximum atomic E-state index is 12.6. The van der Waals surface area contributed by atoms with Crippen LogP contribution in [0.4, 0.5) is 0 Å². The molecule has 22 heavy (non-hydrogen) atoms. The average molecular weight is 305 g/mol. The highest BCUT2D eigenvalue weighted by atomic mass is 16.2. The summed E-state index contributed by atoms with van der Waals surface area (Å²) in [5, 5.41) is 0. The molecule has 122 valence electrons. The van der Waals surface area contributed by atoms with Gasteiger partial charge >= 0.3 is 0 Å². The molecule has 0 aromatic carbocycles. The first-order valence-corrected chi connectivity index (χ1v) is 8.29. The molecule has 2 aliphatic rings. The summed E-state index contributed by atoms with van der Waals surface area (Å²) in [4.78, 5) is 23.7. The lowest BCUT2D eigenvalue weighted by Gasteiger charge is -2.39. The summed E-state index contributed by atoms with van der Waals surface area (Å²) in [5.41, 5.74) is 0. The number of rotatable bonds is 5. The number of aromatic nitrogens is 2. The molecule has 0 bridgehead atoms. The Morgan fingerprint density at radius 3 is 2.73 bits per heavy atom. The number of piperazine rings is 1. The van der Waals surface area contributed by atoms with Gasteiger partial charge in [-0.05, 0) is 26.4 Å². The molecule has 1 aliphatic carbocycles. The first kappa shape index (κ1) is 15.5. The van der Waals surface area contributed by atoms with Crippen LogP contribution in [0.5, 0.6) is 0 Å². The van der Waals surface area contributed by atoms with Crippen LogP contribution >= 0.6 is 0 Å². The molecule has 1 aromatic rings. The van der Waals surface area contributed by atoms with E-state index in [-0.39, 0.29) is 11.9 Å². The molecule has 1 aliphatic heterocycles. The molecule has 1 saturated heterocycles. The molecule has 3 rings (SSSR count). The first-order chi connectivity index (χ1) is 10.6. The van der Waals surface area contributed by atoms with E-state index in [4.69, 9.17) is 0 Å². The third kappa shape index (κ3) is 3.17. The molecule has 2 heterocycles. The molecule has 0 unspecified atom stereocenters. The van der Waals surface area contributed by atoms with Crippen molar-refractivity contribution >= 4 is 5.91 Å². The lowest BCUT2D eigenvalue weighted by molar-refractivity contribution is -0.135. The minimum Gasteiger partial charge on any atom is -0.338 e. The Kier molecular flexibility index (Phi) is 4.49. The Morgan fingerprint density at radius 2 is 2.14 bits per heavy atom. The largest absolute Gasteiger partial charge is 0.338 e. The molecule has 1 aromatic heterocycles. The molecule has 0 N–H and O–H groups in total. The summed E-state index contributed by atoms with van der Waals surface area (Å²) in [6.45, 7) is 6.14. The van der Waals surface area contributed by atoms with E-state index in [0.717, 1.165) is 32.0 Å². The van der Waals surface area contributed by atoms with Crippen LogP contribution < -0.4 is 0 Å². The van der Waals surface area contributed by atoms with Gasteiger partial charge in [0, 0.05) is 45.1 Å². The second-order valence-electron chi connectivity index (χ2n) is 6.53. The Labute approximate surface area is 132 Å². The van der Waals surface area contributed by atoms with Gasteiger partial charge in [-0.1, -0.05) is 6.92 Å². The fraction of sp³-hybridized carbons (Fsp3) is 0.750. The van der Waals surface area contributed by atoms with Crippen molar-refractivity contribution in [3.63, 3.8) is 0 Å². The van der Waals surface area contributed by atoms with E-state index in [1.54, 1.807) is 0 Å². The highest BCUT2D eigenvalue weighted by Crippen LogP contribution is 2.27. The van der Waals surface area contributed by atoms with Crippen molar-refractivity contribution in [1.82, 2.24) is 24.3 Å². The van der Waals surface area contributed by atoms with Gasteiger partial charge in [0.25, 0.3) is 0 Å². The van der Waals surface area contributed by atoms with E-state index < -0.39 is 0 Å². The standard InChI is InChI=1S/C16H27N5O/c1-4-20(13-5-6-13)12-15(22)21-10-9-18(2)14(11-21)16-17-7-8-19(16)3/h7-8,13-14H,4-6,9-12H2,1-3H3/t14-/m1/s1. The van der Waals surface area contributed by atoms with Gasteiger partial charge in [0.15, 0.2) is 0 Å². The number of hydrogen-bond donors (Lipinski definition) is 0. The van der Waals surface area contributed by atoms with Gasteiger partial charge in [-0.2, -0.15) is 0 Å². The minimum atomic E-state index is 0.189. The summed E-state index contributed by atoms with van der Waals surface area (Å²) in [6, 6.07) is 0.834. The zero-order valence-electron chi connectivity index (χ0n) is 13.9. The van der Waals surface area contributed by atoms with Gasteiger partial charge in [-0.3, -0.25) is 14.6 Å². The Balaban J connectivity index is 1.64. The monoisotopic (exact) mass is 305 g/mol. The smallest absolute Gasteiger partial charge is 0.236 e. The topological polar surface area (TPSA) is 44.6 Å². The van der Waals surface area contributed by atoms with E-state index in [9.17, 15) is 4.79 Å². The van der Waals surface area contributed by atoms with Crippen LogP contribution in [0.3, 0.4) is 0 Å².